The maximum atomic E-state index is 5.76. The average Bonchev–Trinajstić information content (AvgIpc) is 2.19. The van der Waals surface area contributed by atoms with Crippen LogP contribution in [0.5, 0.6) is 0 Å². The van der Waals surface area contributed by atoms with Crippen LogP contribution in [0, 0.1) is 0 Å². The number of aromatic nitrogens is 2. The number of halogens is 2. The van der Waals surface area contributed by atoms with E-state index >= 15 is 0 Å². The zero-order valence-electron chi connectivity index (χ0n) is 8.24. The van der Waals surface area contributed by atoms with Gasteiger partial charge in [0.15, 0.2) is 0 Å². The third-order valence-electron chi connectivity index (χ3n) is 2.25. The lowest BCUT2D eigenvalue weighted by Crippen LogP contribution is -2.38. The van der Waals surface area contributed by atoms with Gasteiger partial charge >= 0.3 is 0 Å². The molecule has 1 atom stereocenters. The monoisotopic (exact) mass is 248 g/mol. The summed E-state index contributed by atoms with van der Waals surface area (Å²) in [6, 6.07) is 2.09. The molecule has 0 unspecified atom stereocenters. The molecule has 0 amide bonds. The van der Waals surface area contributed by atoms with E-state index in [-0.39, 0.29) is 12.4 Å². The fraction of sp³-hybridized carbons (Fsp3) is 0.556. The SMILES string of the molecule is Cl.Clc1ccnc(N[C@H]2CCCNC2)n1. The van der Waals surface area contributed by atoms with Crippen LogP contribution in [0.25, 0.3) is 0 Å². The summed E-state index contributed by atoms with van der Waals surface area (Å²) in [4.78, 5) is 8.18. The highest BCUT2D eigenvalue weighted by Crippen LogP contribution is 2.10. The maximum Gasteiger partial charge on any atom is 0.224 e. The lowest BCUT2D eigenvalue weighted by Gasteiger charge is -2.23. The van der Waals surface area contributed by atoms with Gasteiger partial charge in [0.05, 0.1) is 0 Å². The van der Waals surface area contributed by atoms with Crippen LogP contribution >= 0.6 is 24.0 Å². The number of hydrogen-bond acceptors (Lipinski definition) is 4. The first-order chi connectivity index (χ1) is 6.84. The first-order valence-corrected chi connectivity index (χ1v) is 5.18. The molecule has 2 rings (SSSR count). The van der Waals surface area contributed by atoms with Gasteiger partial charge in [-0.05, 0) is 25.5 Å². The van der Waals surface area contributed by atoms with Crippen molar-refractivity contribution in [2.75, 3.05) is 18.4 Å². The molecule has 4 nitrogen and oxygen atoms in total. The van der Waals surface area contributed by atoms with Gasteiger partial charge < -0.3 is 10.6 Å². The molecule has 1 aliphatic heterocycles. The molecule has 0 bridgehead atoms. The normalized spacial score (nSPS) is 20.5. The van der Waals surface area contributed by atoms with Crippen LogP contribution < -0.4 is 10.6 Å². The smallest absolute Gasteiger partial charge is 0.224 e. The molecule has 0 saturated carbocycles. The lowest BCUT2D eigenvalue weighted by atomic mass is 10.1. The second-order valence-electron chi connectivity index (χ2n) is 3.39. The molecule has 1 aromatic heterocycles. The van der Waals surface area contributed by atoms with Crippen molar-refractivity contribution >= 4 is 30.0 Å². The third-order valence-corrected chi connectivity index (χ3v) is 2.46. The molecule has 15 heavy (non-hydrogen) atoms. The first-order valence-electron chi connectivity index (χ1n) is 4.80. The zero-order chi connectivity index (χ0) is 9.80. The molecule has 0 radical (unpaired) electrons. The van der Waals surface area contributed by atoms with Crippen LogP contribution in [0.1, 0.15) is 12.8 Å². The zero-order valence-corrected chi connectivity index (χ0v) is 9.81. The van der Waals surface area contributed by atoms with E-state index in [9.17, 15) is 0 Å². The first kappa shape index (κ1) is 12.5. The minimum atomic E-state index is 0. The number of hydrogen-bond donors (Lipinski definition) is 2. The topological polar surface area (TPSA) is 49.8 Å². The predicted octanol–water partition coefficient (Wildman–Crippen LogP) is 1.72. The molecular formula is C9H14Cl2N4. The molecule has 1 fully saturated rings. The summed E-state index contributed by atoms with van der Waals surface area (Å²) in [5.41, 5.74) is 0. The number of nitrogens with zero attached hydrogens (tertiary/aromatic N) is 2. The lowest BCUT2D eigenvalue weighted by molar-refractivity contribution is 0.478. The van der Waals surface area contributed by atoms with Crippen LogP contribution in [0.3, 0.4) is 0 Å². The van der Waals surface area contributed by atoms with Gasteiger partial charge in [-0.15, -0.1) is 12.4 Å². The van der Waals surface area contributed by atoms with Crippen molar-refractivity contribution in [1.82, 2.24) is 15.3 Å². The molecule has 6 heteroatoms. The summed E-state index contributed by atoms with van der Waals surface area (Å²) in [6.07, 6.45) is 4.01. The van der Waals surface area contributed by atoms with Crippen molar-refractivity contribution in [3.05, 3.63) is 17.4 Å². The molecule has 0 aliphatic carbocycles. The Bertz CT molecular complexity index is 302. The van der Waals surface area contributed by atoms with Gasteiger partial charge in [-0.2, -0.15) is 0 Å². The van der Waals surface area contributed by atoms with E-state index in [1.165, 1.54) is 6.42 Å². The highest BCUT2D eigenvalue weighted by molar-refractivity contribution is 6.29. The van der Waals surface area contributed by atoms with Crippen LogP contribution in [0.4, 0.5) is 5.95 Å². The highest BCUT2D eigenvalue weighted by Gasteiger charge is 2.13. The summed E-state index contributed by atoms with van der Waals surface area (Å²) >= 11 is 5.76. The molecule has 1 saturated heterocycles. The fourth-order valence-corrected chi connectivity index (χ4v) is 1.70. The van der Waals surface area contributed by atoms with Crippen molar-refractivity contribution in [1.29, 1.82) is 0 Å². The summed E-state index contributed by atoms with van der Waals surface area (Å²) in [6.45, 7) is 2.07. The van der Waals surface area contributed by atoms with E-state index in [1.54, 1.807) is 12.3 Å². The van der Waals surface area contributed by atoms with Gasteiger partial charge in [-0.3, -0.25) is 0 Å². The van der Waals surface area contributed by atoms with Crippen LogP contribution in [-0.2, 0) is 0 Å². The van der Waals surface area contributed by atoms with E-state index in [4.69, 9.17) is 11.6 Å². The second kappa shape index (κ2) is 6.10. The van der Waals surface area contributed by atoms with Crippen LogP contribution in [0.2, 0.25) is 5.15 Å². The Morgan fingerprint density at radius 1 is 1.53 bits per heavy atom. The highest BCUT2D eigenvalue weighted by atomic mass is 35.5. The predicted molar refractivity (Wildman–Crippen MR) is 63.8 cm³/mol. The van der Waals surface area contributed by atoms with Crippen molar-refractivity contribution < 1.29 is 0 Å². The van der Waals surface area contributed by atoms with Crippen molar-refractivity contribution in [3.63, 3.8) is 0 Å². The molecule has 1 aliphatic rings. The van der Waals surface area contributed by atoms with Gasteiger partial charge in [0.25, 0.3) is 0 Å². The molecule has 1 aromatic rings. The Morgan fingerprint density at radius 3 is 3.07 bits per heavy atom. The largest absolute Gasteiger partial charge is 0.350 e. The summed E-state index contributed by atoms with van der Waals surface area (Å²) < 4.78 is 0. The molecular weight excluding hydrogens is 235 g/mol. The summed E-state index contributed by atoms with van der Waals surface area (Å²) in [5, 5.41) is 7.05. The van der Waals surface area contributed by atoms with Crippen LogP contribution in [0.15, 0.2) is 12.3 Å². The number of nitrogens with one attached hydrogen (secondary N) is 2. The van der Waals surface area contributed by atoms with Gasteiger partial charge in [-0.1, -0.05) is 11.6 Å². The third kappa shape index (κ3) is 3.81. The molecule has 0 spiro atoms. The fourth-order valence-electron chi connectivity index (χ4n) is 1.56. The summed E-state index contributed by atoms with van der Waals surface area (Å²) in [5.74, 6) is 0.617. The van der Waals surface area contributed by atoms with Gasteiger partial charge in [0.2, 0.25) is 5.95 Å². The number of anilines is 1. The van der Waals surface area contributed by atoms with E-state index in [0.29, 0.717) is 17.1 Å². The van der Waals surface area contributed by atoms with Gasteiger partial charge in [-0.25, -0.2) is 9.97 Å². The van der Waals surface area contributed by atoms with E-state index in [1.807, 2.05) is 0 Å². The quantitative estimate of drug-likeness (QED) is 0.783. The number of piperidine rings is 1. The molecule has 2 heterocycles. The van der Waals surface area contributed by atoms with Crippen molar-refractivity contribution in [3.8, 4) is 0 Å². The van der Waals surface area contributed by atoms with E-state index in [2.05, 4.69) is 20.6 Å². The van der Waals surface area contributed by atoms with Crippen molar-refractivity contribution in [2.24, 2.45) is 0 Å². The average molecular weight is 249 g/mol. The van der Waals surface area contributed by atoms with Crippen molar-refractivity contribution in [2.45, 2.75) is 18.9 Å². The Labute approximate surface area is 100 Å². The van der Waals surface area contributed by atoms with E-state index in [0.717, 1.165) is 19.5 Å². The minimum absolute atomic E-state index is 0. The van der Waals surface area contributed by atoms with Gasteiger partial charge in [0.1, 0.15) is 5.15 Å². The molecule has 2 N–H and O–H groups in total. The Morgan fingerprint density at radius 2 is 2.40 bits per heavy atom. The Balaban J connectivity index is 0.00000112. The van der Waals surface area contributed by atoms with Gasteiger partial charge in [0, 0.05) is 18.8 Å². The minimum Gasteiger partial charge on any atom is -0.350 e. The molecule has 0 aromatic carbocycles. The van der Waals surface area contributed by atoms with Crippen LogP contribution in [-0.4, -0.2) is 29.1 Å². The number of rotatable bonds is 2. The second-order valence-corrected chi connectivity index (χ2v) is 3.78. The van der Waals surface area contributed by atoms with E-state index < -0.39 is 0 Å². The molecule has 84 valence electrons. The summed E-state index contributed by atoms with van der Waals surface area (Å²) in [7, 11) is 0. The Kier molecular flexibility index (Phi) is 5.08. The Hall–Kier alpha value is -0.580. The maximum absolute atomic E-state index is 5.76. The standard InChI is InChI=1S/C9H13ClN4.ClH/c10-8-3-5-12-9(14-8)13-7-2-1-4-11-6-7;/h3,5,7,11H,1-2,4,6H2,(H,12,13,14);1H/t7-;/m0./s1.